The summed E-state index contributed by atoms with van der Waals surface area (Å²) in [6.07, 6.45) is -1.42. The Balaban J connectivity index is 1.81. The van der Waals surface area contributed by atoms with Crippen molar-refractivity contribution in [2.24, 2.45) is 28.6 Å². The van der Waals surface area contributed by atoms with Crippen LogP contribution in [0.2, 0.25) is 0 Å². The van der Waals surface area contributed by atoms with Crippen LogP contribution in [0.1, 0.15) is 58.8 Å². The highest BCUT2D eigenvalue weighted by Gasteiger charge is 2.75. The molecular formula is C21H36O7. The van der Waals surface area contributed by atoms with E-state index in [0.29, 0.717) is 19.3 Å². The number of aliphatic hydroxyl groups excluding tert-OH is 5. The van der Waals surface area contributed by atoms with Gasteiger partial charge in [-0.15, -0.1) is 0 Å². The average molecular weight is 401 g/mol. The van der Waals surface area contributed by atoms with Crippen LogP contribution in [0.25, 0.3) is 0 Å². The van der Waals surface area contributed by atoms with Crippen molar-refractivity contribution in [3.8, 4) is 0 Å². The van der Waals surface area contributed by atoms with Gasteiger partial charge in [0.05, 0.1) is 47.6 Å². The van der Waals surface area contributed by atoms with Crippen LogP contribution in [0.5, 0.6) is 0 Å². The summed E-state index contributed by atoms with van der Waals surface area (Å²) in [5.74, 6) is -1.22. The van der Waals surface area contributed by atoms with Crippen molar-refractivity contribution in [2.45, 2.75) is 94.4 Å². The fraction of sp³-hybridized carbons (Fsp3) is 1.00. The molecule has 0 amide bonds. The minimum atomic E-state index is -1.49. The first-order valence-corrected chi connectivity index (χ1v) is 10.7. The molecule has 4 aliphatic carbocycles. The summed E-state index contributed by atoms with van der Waals surface area (Å²) < 4.78 is 0. The van der Waals surface area contributed by atoms with Crippen LogP contribution in [-0.2, 0) is 0 Å². The van der Waals surface area contributed by atoms with Crippen molar-refractivity contribution in [3.05, 3.63) is 0 Å². The quantitative estimate of drug-likeness (QED) is 0.332. The standard InChI is InChI=1S/C21H36O7/c1-11(23)13-4-6-21(28)14-3-5-19(27)8-12(24)7-16(26)20(19,10-22)17(14)15(25)9-18(13,21)2/h11-17,22-28H,3-10H2,1-2H3/t11?,12-,13+,14?,15+,16+,17?,18+,19-,20+,21-/m0/s1. The fourth-order valence-electron chi connectivity index (χ4n) is 8.32. The Morgan fingerprint density at radius 2 is 1.71 bits per heavy atom. The van der Waals surface area contributed by atoms with Crippen molar-refractivity contribution in [1.29, 1.82) is 0 Å². The smallest absolute Gasteiger partial charge is 0.0779 e. The molecule has 0 aliphatic heterocycles. The van der Waals surface area contributed by atoms with E-state index in [0.717, 1.165) is 0 Å². The molecule has 28 heavy (non-hydrogen) atoms. The van der Waals surface area contributed by atoms with Gasteiger partial charge < -0.3 is 35.7 Å². The summed E-state index contributed by atoms with van der Waals surface area (Å²) in [5.41, 5.74) is -4.69. The predicted molar refractivity (Wildman–Crippen MR) is 100 cm³/mol. The highest BCUT2D eigenvalue weighted by atomic mass is 16.3. The van der Waals surface area contributed by atoms with Crippen molar-refractivity contribution < 1.29 is 35.7 Å². The zero-order valence-corrected chi connectivity index (χ0v) is 16.8. The van der Waals surface area contributed by atoms with Crippen molar-refractivity contribution in [2.75, 3.05) is 6.61 Å². The van der Waals surface area contributed by atoms with Gasteiger partial charge in [-0.3, -0.25) is 0 Å². The minimum Gasteiger partial charge on any atom is -0.396 e. The molecule has 0 aromatic rings. The van der Waals surface area contributed by atoms with E-state index in [1.165, 1.54) is 0 Å². The lowest BCUT2D eigenvalue weighted by Gasteiger charge is -2.68. The molecule has 0 radical (unpaired) electrons. The highest BCUT2D eigenvalue weighted by molar-refractivity contribution is 5.24. The van der Waals surface area contributed by atoms with Gasteiger partial charge in [0.15, 0.2) is 0 Å². The molecule has 0 aromatic carbocycles. The van der Waals surface area contributed by atoms with Gasteiger partial charge in [0.1, 0.15) is 0 Å². The largest absolute Gasteiger partial charge is 0.396 e. The first-order valence-electron chi connectivity index (χ1n) is 10.7. The number of fused-ring (bicyclic) bond motifs is 5. The zero-order chi connectivity index (χ0) is 20.7. The Bertz CT molecular complexity index is 628. The number of hydrogen-bond acceptors (Lipinski definition) is 7. The summed E-state index contributed by atoms with van der Waals surface area (Å²) in [6, 6.07) is 0. The molecule has 0 spiro atoms. The monoisotopic (exact) mass is 400 g/mol. The predicted octanol–water partition coefficient (Wildman–Crippen LogP) is -0.469. The topological polar surface area (TPSA) is 142 Å². The van der Waals surface area contributed by atoms with Gasteiger partial charge in [-0.1, -0.05) is 6.92 Å². The van der Waals surface area contributed by atoms with Gasteiger partial charge in [-0.2, -0.15) is 0 Å². The molecule has 4 fully saturated rings. The lowest BCUT2D eigenvalue weighted by atomic mass is 9.40. The van der Waals surface area contributed by atoms with Crippen LogP contribution in [-0.4, -0.2) is 78.0 Å². The molecule has 3 unspecified atom stereocenters. The third-order valence-corrected chi connectivity index (χ3v) is 9.58. The molecular weight excluding hydrogens is 364 g/mol. The van der Waals surface area contributed by atoms with Gasteiger partial charge in [0.2, 0.25) is 0 Å². The lowest BCUT2D eigenvalue weighted by molar-refractivity contribution is -0.318. The minimum absolute atomic E-state index is 0.0325. The van der Waals surface area contributed by atoms with Crippen LogP contribution in [0.15, 0.2) is 0 Å². The van der Waals surface area contributed by atoms with Crippen LogP contribution >= 0.6 is 0 Å². The van der Waals surface area contributed by atoms with E-state index in [9.17, 15) is 35.7 Å². The summed E-state index contributed by atoms with van der Waals surface area (Å²) in [6.45, 7) is 3.15. The normalized spacial score (nSPS) is 59.9. The maximum atomic E-state index is 11.9. The Morgan fingerprint density at radius 3 is 2.32 bits per heavy atom. The molecule has 0 bridgehead atoms. The molecule has 0 heterocycles. The molecule has 7 N–H and O–H groups in total. The molecule has 4 saturated carbocycles. The van der Waals surface area contributed by atoms with E-state index in [1.807, 2.05) is 6.92 Å². The summed E-state index contributed by atoms with van der Waals surface area (Å²) in [4.78, 5) is 0. The molecule has 7 heteroatoms. The molecule has 0 saturated heterocycles. The molecule has 4 rings (SSSR count). The van der Waals surface area contributed by atoms with Gasteiger partial charge in [-0.05, 0) is 50.9 Å². The fourth-order valence-corrected chi connectivity index (χ4v) is 8.32. The van der Waals surface area contributed by atoms with Crippen LogP contribution in [0, 0.1) is 28.6 Å². The van der Waals surface area contributed by atoms with Gasteiger partial charge >= 0.3 is 0 Å². The van der Waals surface area contributed by atoms with E-state index in [4.69, 9.17) is 0 Å². The molecule has 11 atom stereocenters. The van der Waals surface area contributed by atoms with Gasteiger partial charge in [0.25, 0.3) is 0 Å². The number of rotatable bonds is 2. The third-order valence-electron chi connectivity index (χ3n) is 9.58. The Hall–Kier alpha value is -0.280. The second kappa shape index (κ2) is 6.36. The van der Waals surface area contributed by atoms with Gasteiger partial charge in [-0.25, -0.2) is 0 Å². The van der Waals surface area contributed by atoms with Crippen LogP contribution < -0.4 is 0 Å². The zero-order valence-electron chi connectivity index (χ0n) is 16.8. The maximum absolute atomic E-state index is 11.9. The molecule has 0 aromatic heterocycles. The SMILES string of the molecule is CC(O)[C@H]1CC[C@]2(O)C3CC[C@]4(O)C[C@@H](O)C[C@@H](O)[C@]4(CO)C3[C@H](O)C[C@]12C. The highest BCUT2D eigenvalue weighted by Crippen LogP contribution is 2.70. The maximum Gasteiger partial charge on any atom is 0.0779 e. The van der Waals surface area contributed by atoms with Crippen molar-refractivity contribution >= 4 is 0 Å². The Labute approximate surface area is 166 Å². The second-order valence-electron chi connectivity index (χ2n) is 10.5. The Morgan fingerprint density at radius 1 is 1.04 bits per heavy atom. The van der Waals surface area contributed by atoms with E-state index < -0.39 is 64.9 Å². The van der Waals surface area contributed by atoms with Gasteiger partial charge in [0, 0.05) is 24.2 Å². The van der Waals surface area contributed by atoms with E-state index in [1.54, 1.807) is 6.92 Å². The average Bonchev–Trinajstić information content (AvgIpc) is 2.85. The molecule has 7 nitrogen and oxygen atoms in total. The lowest BCUT2D eigenvalue weighted by Crippen LogP contribution is -2.75. The second-order valence-corrected chi connectivity index (χ2v) is 10.5. The first-order chi connectivity index (χ1) is 13.0. The number of hydrogen-bond donors (Lipinski definition) is 7. The van der Waals surface area contributed by atoms with Crippen molar-refractivity contribution in [3.63, 3.8) is 0 Å². The number of aliphatic hydroxyl groups is 7. The summed E-state index contributed by atoms with van der Waals surface area (Å²) >= 11 is 0. The van der Waals surface area contributed by atoms with Crippen LogP contribution in [0.3, 0.4) is 0 Å². The molecule has 162 valence electrons. The Kier molecular flexibility index (Phi) is 4.76. The van der Waals surface area contributed by atoms with E-state index in [2.05, 4.69) is 0 Å². The summed E-state index contributed by atoms with van der Waals surface area (Å²) in [5, 5.41) is 76.5. The van der Waals surface area contributed by atoms with Crippen molar-refractivity contribution in [1.82, 2.24) is 0 Å². The first kappa shape index (κ1) is 21.0. The summed E-state index contributed by atoms with van der Waals surface area (Å²) in [7, 11) is 0. The van der Waals surface area contributed by atoms with E-state index >= 15 is 0 Å². The van der Waals surface area contributed by atoms with E-state index in [-0.39, 0.29) is 31.6 Å². The molecule has 4 aliphatic rings. The van der Waals surface area contributed by atoms with Crippen LogP contribution in [0.4, 0.5) is 0 Å². The third kappa shape index (κ3) is 2.30.